The van der Waals surface area contributed by atoms with Gasteiger partial charge in [-0.25, -0.2) is 0 Å². The Labute approximate surface area is 126 Å². The Balaban J connectivity index is 2.68. The normalized spacial score (nSPS) is 10.4. The molecular weight excluding hydrogens is 268 g/mol. The highest BCUT2D eigenvalue weighted by atomic mass is 16.5. The van der Waals surface area contributed by atoms with Gasteiger partial charge in [-0.15, -0.1) is 0 Å². The molecule has 0 fully saturated rings. The molecular formula is C16H24N2O3. The van der Waals surface area contributed by atoms with E-state index in [2.05, 4.69) is 5.32 Å². The smallest absolute Gasteiger partial charge is 0.239 e. The van der Waals surface area contributed by atoms with Crippen LogP contribution >= 0.6 is 0 Å². The third kappa shape index (κ3) is 5.45. The van der Waals surface area contributed by atoms with E-state index in [4.69, 9.17) is 4.74 Å². The molecule has 1 N–H and O–H groups in total. The predicted molar refractivity (Wildman–Crippen MR) is 82.4 cm³/mol. The van der Waals surface area contributed by atoms with Crippen LogP contribution in [0.15, 0.2) is 18.2 Å². The van der Waals surface area contributed by atoms with Gasteiger partial charge in [0, 0.05) is 18.7 Å². The number of likely N-dealkylation sites (N-methyl/N-ethyl adjacent to an activating group) is 1. The lowest BCUT2D eigenvalue weighted by atomic mass is 10.1. The van der Waals surface area contributed by atoms with Crippen molar-refractivity contribution in [1.82, 2.24) is 10.2 Å². The molecule has 1 aromatic carbocycles. The standard InChI is InChI=1S/C16H24N2O3/c1-11(2)17-15(19)10-18(4)16(20)9-13-8-12(3)6-7-14(13)21-5/h6-8,11H,9-10H2,1-5H3,(H,17,19). The average Bonchev–Trinajstić information content (AvgIpc) is 2.37. The number of carbonyl (C=O) groups excluding carboxylic acids is 2. The Bertz CT molecular complexity index is 512. The number of hydrogen-bond acceptors (Lipinski definition) is 3. The van der Waals surface area contributed by atoms with Crippen molar-refractivity contribution in [2.24, 2.45) is 0 Å². The topological polar surface area (TPSA) is 58.6 Å². The molecule has 5 heteroatoms. The maximum Gasteiger partial charge on any atom is 0.239 e. The third-order valence-corrected chi connectivity index (χ3v) is 3.03. The van der Waals surface area contributed by atoms with Gasteiger partial charge in [0.15, 0.2) is 0 Å². The number of aryl methyl sites for hydroxylation is 1. The van der Waals surface area contributed by atoms with Crippen LogP contribution in [0.25, 0.3) is 0 Å². The van der Waals surface area contributed by atoms with E-state index in [9.17, 15) is 9.59 Å². The second kappa shape index (κ2) is 7.67. The summed E-state index contributed by atoms with van der Waals surface area (Å²) < 4.78 is 5.26. The summed E-state index contributed by atoms with van der Waals surface area (Å²) in [5.41, 5.74) is 1.90. The summed E-state index contributed by atoms with van der Waals surface area (Å²) in [6.07, 6.45) is 0.219. The highest BCUT2D eigenvalue weighted by molar-refractivity contribution is 5.86. The predicted octanol–water partition coefficient (Wildman–Crippen LogP) is 1.53. The summed E-state index contributed by atoms with van der Waals surface area (Å²) in [6.45, 7) is 5.80. The summed E-state index contributed by atoms with van der Waals surface area (Å²) in [5.74, 6) is 0.420. The summed E-state index contributed by atoms with van der Waals surface area (Å²) in [7, 11) is 3.21. The van der Waals surface area contributed by atoms with Crippen molar-refractivity contribution in [3.05, 3.63) is 29.3 Å². The Morgan fingerprint density at radius 1 is 1.33 bits per heavy atom. The molecule has 0 aliphatic rings. The number of rotatable bonds is 6. The Morgan fingerprint density at radius 2 is 2.00 bits per heavy atom. The van der Waals surface area contributed by atoms with E-state index < -0.39 is 0 Å². The first kappa shape index (κ1) is 17.0. The Hall–Kier alpha value is -2.04. The average molecular weight is 292 g/mol. The number of methoxy groups -OCH3 is 1. The zero-order valence-electron chi connectivity index (χ0n) is 13.4. The molecule has 0 aromatic heterocycles. The number of carbonyl (C=O) groups is 2. The molecule has 0 saturated heterocycles. The Kier molecular flexibility index (Phi) is 6.21. The van der Waals surface area contributed by atoms with Gasteiger partial charge in [-0.1, -0.05) is 17.7 Å². The van der Waals surface area contributed by atoms with Crippen molar-refractivity contribution in [2.75, 3.05) is 20.7 Å². The molecule has 1 rings (SSSR count). The molecule has 0 saturated carbocycles. The fourth-order valence-electron chi connectivity index (χ4n) is 2.01. The first-order chi connectivity index (χ1) is 9.83. The lowest BCUT2D eigenvalue weighted by Gasteiger charge is -2.18. The lowest BCUT2D eigenvalue weighted by Crippen LogP contribution is -2.41. The van der Waals surface area contributed by atoms with Gasteiger partial charge < -0.3 is 15.0 Å². The van der Waals surface area contributed by atoms with Crippen LogP contribution < -0.4 is 10.1 Å². The quantitative estimate of drug-likeness (QED) is 0.865. The monoisotopic (exact) mass is 292 g/mol. The maximum absolute atomic E-state index is 12.2. The molecule has 0 aliphatic carbocycles. The first-order valence-corrected chi connectivity index (χ1v) is 7.00. The van der Waals surface area contributed by atoms with Crippen LogP contribution in [-0.4, -0.2) is 43.5 Å². The minimum absolute atomic E-state index is 0.0607. The molecule has 2 amide bonds. The van der Waals surface area contributed by atoms with E-state index in [0.717, 1.165) is 11.1 Å². The molecule has 116 valence electrons. The molecule has 0 aliphatic heterocycles. The number of ether oxygens (including phenoxy) is 1. The van der Waals surface area contributed by atoms with Gasteiger partial charge in [0.2, 0.25) is 11.8 Å². The minimum atomic E-state index is -0.156. The van der Waals surface area contributed by atoms with Crippen molar-refractivity contribution in [1.29, 1.82) is 0 Å². The van der Waals surface area contributed by atoms with E-state index in [-0.39, 0.29) is 30.8 Å². The molecule has 1 aromatic rings. The van der Waals surface area contributed by atoms with E-state index in [1.807, 2.05) is 39.0 Å². The third-order valence-electron chi connectivity index (χ3n) is 3.03. The van der Waals surface area contributed by atoms with Crippen LogP contribution in [0.4, 0.5) is 0 Å². The molecule has 0 radical (unpaired) electrons. The second-order valence-corrected chi connectivity index (χ2v) is 5.46. The summed E-state index contributed by atoms with van der Waals surface area (Å²) in [5, 5.41) is 2.77. The van der Waals surface area contributed by atoms with E-state index >= 15 is 0 Å². The van der Waals surface area contributed by atoms with Crippen molar-refractivity contribution < 1.29 is 14.3 Å². The largest absolute Gasteiger partial charge is 0.496 e. The van der Waals surface area contributed by atoms with Crippen molar-refractivity contribution in [3.63, 3.8) is 0 Å². The van der Waals surface area contributed by atoms with Gasteiger partial charge in [-0.3, -0.25) is 9.59 Å². The van der Waals surface area contributed by atoms with Gasteiger partial charge in [-0.2, -0.15) is 0 Å². The van der Waals surface area contributed by atoms with Gasteiger partial charge in [0.05, 0.1) is 20.1 Å². The fourth-order valence-corrected chi connectivity index (χ4v) is 2.01. The SMILES string of the molecule is COc1ccc(C)cc1CC(=O)N(C)CC(=O)NC(C)C. The lowest BCUT2D eigenvalue weighted by molar-refractivity contribution is -0.134. The van der Waals surface area contributed by atoms with Crippen LogP contribution in [0, 0.1) is 6.92 Å². The molecule has 21 heavy (non-hydrogen) atoms. The zero-order valence-corrected chi connectivity index (χ0v) is 13.4. The van der Waals surface area contributed by atoms with Gasteiger partial charge in [0.1, 0.15) is 5.75 Å². The van der Waals surface area contributed by atoms with Crippen molar-refractivity contribution in [3.8, 4) is 5.75 Å². The summed E-state index contributed by atoms with van der Waals surface area (Å²) in [4.78, 5) is 25.3. The molecule has 0 unspecified atom stereocenters. The molecule has 0 bridgehead atoms. The van der Waals surface area contributed by atoms with Crippen LogP contribution in [0.3, 0.4) is 0 Å². The second-order valence-electron chi connectivity index (χ2n) is 5.46. The van der Waals surface area contributed by atoms with Crippen LogP contribution in [0.5, 0.6) is 5.75 Å². The maximum atomic E-state index is 12.2. The van der Waals surface area contributed by atoms with Crippen molar-refractivity contribution in [2.45, 2.75) is 33.2 Å². The molecule has 0 spiro atoms. The molecule has 0 heterocycles. The number of nitrogens with one attached hydrogen (secondary N) is 1. The fraction of sp³-hybridized carbons (Fsp3) is 0.500. The highest BCUT2D eigenvalue weighted by Gasteiger charge is 2.16. The highest BCUT2D eigenvalue weighted by Crippen LogP contribution is 2.20. The van der Waals surface area contributed by atoms with Gasteiger partial charge >= 0.3 is 0 Å². The summed E-state index contributed by atoms with van der Waals surface area (Å²) >= 11 is 0. The Morgan fingerprint density at radius 3 is 2.57 bits per heavy atom. The van der Waals surface area contributed by atoms with Crippen LogP contribution in [0.2, 0.25) is 0 Å². The number of hydrogen-bond donors (Lipinski definition) is 1. The van der Waals surface area contributed by atoms with Gasteiger partial charge in [0.25, 0.3) is 0 Å². The number of nitrogens with zero attached hydrogens (tertiary/aromatic N) is 1. The molecule has 0 atom stereocenters. The van der Waals surface area contributed by atoms with E-state index in [0.29, 0.717) is 5.75 Å². The number of benzene rings is 1. The first-order valence-electron chi connectivity index (χ1n) is 7.00. The molecule has 5 nitrogen and oxygen atoms in total. The van der Waals surface area contributed by atoms with Crippen LogP contribution in [-0.2, 0) is 16.0 Å². The minimum Gasteiger partial charge on any atom is -0.496 e. The van der Waals surface area contributed by atoms with Crippen molar-refractivity contribution >= 4 is 11.8 Å². The van der Waals surface area contributed by atoms with E-state index in [1.165, 1.54) is 4.90 Å². The van der Waals surface area contributed by atoms with E-state index in [1.54, 1.807) is 14.2 Å². The number of amides is 2. The van der Waals surface area contributed by atoms with Crippen LogP contribution in [0.1, 0.15) is 25.0 Å². The summed E-state index contributed by atoms with van der Waals surface area (Å²) in [6, 6.07) is 5.78. The zero-order chi connectivity index (χ0) is 16.0. The van der Waals surface area contributed by atoms with Gasteiger partial charge in [-0.05, 0) is 26.8 Å².